The van der Waals surface area contributed by atoms with Crippen molar-refractivity contribution in [1.82, 2.24) is 5.32 Å². The molecule has 18 heavy (non-hydrogen) atoms. The highest BCUT2D eigenvalue weighted by Gasteiger charge is 2.46. The number of benzene rings is 1. The van der Waals surface area contributed by atoms with Crippen LogP contribution in [0.25, 0.3) is 0 Å². The lowest BCUT2D eigenvalue weighted by Gasteiger charge is -2.27. The van der Waals surface area contributed by atoms with E-state index in [1.54, 1.807) is 30.3 Å². The van der Waals surface area contributed by atoms with Crippen LogP contribution in [0.1, 0.15) is 24.8 Å². The van der Waals surface area contributed by atoms with Crippen molar-refractivity contribution in [3.63, 3.8) is 0 Å². The van der Waals surface area contributed by atoms with Crippen LogP contribution >= 0.6 is 0 Å². The van der Waals surface area contributed by atoms with Crippen LogP contribution in [0.15, 0.2) is 30.3 Å². The zero-order chi connectivity index (χ0) is 13.2. The van der Waals surface area contributed by atoms with Crippen LogP contribution in [-0.2, 0) is 19.9 Å². The molecule has 94 valence electrons. The van der Waals surface area contributed by atoms with Crippen LogP contribution in [0.4, 0.5) is 0 Å². The zero-order valence-electron chi connectivity index (χ0n) is 9.68. The molecule has 0 aromatic heterocycles. The quantitative estimate of drug-likeness (QED) is 0.772. The molecular formula is C13H13NO4. The third kappa shape index (κ3) is 2.11. The molecule has 1 aliphatic heterocycles. The van der Waals surface area contributed by atoms with Gasteiger partial charge in [0.25, 0.3) is 0 Å². The van der Waals surface area contributed by atoms with Gasteiger partial charge in [0.1, 0.15) is 5.54 Å². The highest BCUT2D eigenvalue weighted by atomic mass is 16.4. The summed E-state index contributed by atoms with van der Waals surface area (Å²) in [7, 11) is 0. The molecule has 0 saturated carbocycles. The van der Waals surface area contributed by atoms with Gasteiger partial charge in [-0.25, -0.2) is 0 Å². The summed E-state index contributed by atoms with van der Waals surface area (Å²) >= 11 is 0. The topological polar surface area (TPSA) is 83.5 Å². The van der Waals surface area contributed by atoms with Crippen LogP contribution in [0.3, 0.4) is 0 Å². The maximum absolute atomic E-state index is 12.0. The second-order valence-electron chi connectivity index (χ2n) is 4.31. The number of carbonyl (C=O) groups is 3. The van der Waals surface area contributed by atoms with Gasteiger partial charge >= 0.3 is 5.97 Å². The fraction of sp³-hybridized carbons (Fsp3) is 0.308. The van der Waals surface area contributed by atoms with Crippen LogP contribution in [-0.4, -0.2) is 22.8 Å². The van der Waals surface area contributed by atoms with Gasteiger partial charge in [-0.3, -0.25) is 14.4 Å². The van der Waals surface area contributed by atoms with E-state index in [1.165, 1.54) is 0 Å². The molecule has 2 rings (SSSR count). The first-order chi connectivity index (χ1) is 8.54. The number of carboxylic acids is 1. The normalized spacial score (nSPS) is 22.9. The lowest BCUT2D eigenvalue weighted by atomic mass is 9.83. The molecule has 0 bridgehead atoms. The summed E-state index contributed by atoms with van der Waals surface area (Å²) in [6, 6.07) is 8.78. The molecule has 1 saturated heterocycles. The maximum atomic E-state index is 12.0. The fourth-order valence-electron chi connectivity index (χ4n) is 2.25. The number of hydrogen-bond donors (Lipinski definition) is 2. The first-order valence-electron chi connectivity index (χ1n) is 5.66. The summed E-state index contributed by atoms with van der Waals surface area (Å²) in [4.78, 5) is 34.1. The van der Waals surface area contributed by atoms with Gasteiger partial charge in [-0.15, -0.1) is 0 Å². The van der Waals surface area contributed by atoms with Crippen LogP contribution in [0, 0.1) is 0 Å². The van der Waals surface area contributed by atoms with Crippen molar-refractivity contribution in [1.29, 1.82) is 0 Å². The Morgan fingerprint density at radius 3 is 2.44 bits per heavy atom. The average molecular weight is 247 g/mol. The third-order valence-electron chi connectivity index (χ3n) is 3.13. The highest BCUT2D eigenvalue weighted by molar-refractivity contribution is 6.10. The molecule has 0 spiro atoms. The van der Waals surface area contributed by atoms with E-state index in [4.69, 9.17) is 5.11 Å². The summed E-state index contributed by atoms with van der Waals surface area (Å²) in [5, 5.41) is 11.4. The molecule has 2 N–H and O–H groups in total. The molecule has 1 fully saturated rings. The largest absolute Gasteiger partial charge is 0.481 e. The standard InChI is InChI=1S/C13H13NO4/c15-10-8-11(16)14-13(10,7-6-12(17)18)9-4-2-1-3-5-9/h1-5H,6-8H2,(H,14,16)(H,17,18). The van der Waals surface area contributed by atoms with E-state index in [-0.39, 0.29) is 31.0 Å². The smallest absolute Gasteiger partial charge is 0.303 e. The molecule has 1 heterocycles. The van der Waals surface area contributed by atoms with Gasteiger partial charge in [0.2, 0.25) is 5.91 Å². The molecule has 1 atom stereocenters. The van der Waals surface area contributed by atoms with Crippen molar-refractivity contribution in [2.75, 3.05) is 0 Å². The first kappa shape index (κ1) is 12.3. The Morgan fingerprint density at radius 1 is 1.28 bits per heavy atom. The zero-order valence-corrected chi connectivity index (χ0v) is 9.68. The first-order valence-corrected chi connectivity index (χ1v) is 5.66. The number of ketones is 1. The summed E-state index contributed by atoms with van der Waals surface area (Å²) in [6.07, 6.45) is -0.271. The minimum atomic E-state index is -1.17. The third-order valence-corrected chi connectivity index (χ3v) is 3.13. The van der Waals surface area contributed by atoms with Crippen molar-refractivity contribution in [3.05, 3.63) is 35.9 Å². The average Bonchev–Trinajstić information content (AvgIpc) is 2.64. The Morgan fingerprint density at radius 2 is 1.94 bits per heavy atom. The number of amides is 1. The number of carbonyl (C=O) groups excluding carboxylic acids is 2. The van der Waals surface area contributed by atoms with Gasteiger partial charge in [-0.1, -0.05) is 30.3 Å². The van der Waals surface area contributed by atoms with E-state index in [2.05, 4.69) is 5.32 Å². The predicted octanol–water partition coefficient (Wildman–Crippen LogP) is 0.836. The number of nitrogens with one attached hydrogen (secondary N) is 1. The number of hydrogen-bond acceptors (Lipinski definition) is 3. The Kier molecular flexibility index (Phi) is 3.14. The molecule has 0 radical (unpaired) electrons. The van der Waals surface area contributed by atoms with Crippen molar-refractivity contribution in [2.24, 2.45) is 0 Å². The van der Waals surface area contributed by atoms with Crippen molar-refractivity contribution < 1.29 is 19.5 Å². The molecule has 1 unspecified atom stereocenters. The Bertz CT molecular complexity index is 497. The minimum absolute atomic E-state index is 0.0803. The summed E-state index contributed by atoms with van der Waals surface area (Å²) in [5.41, 5.74) is -0.529. The Hall–Kier alpha value is -2.17. The molecule has 1 amide bonds. The van der Waals surface area contributed by atoms with Crippen molar-refractivity contribution >= 4 is 17.7 Å². The van der Waals surface area contributed by atoms with Crippen LogP contribution in [0.2, 0.25) is 0 Å². The Balaban J connectivity index is 2.37. The number of rotatable bonds is 4. The summed E-state index contributed by atoms with van der Waals surface area (Å²) < 4.78 is 0. The van der Waals surface area contributed by atoms with E-state index in [0.29, 0.717) is 5.56 Å². The van der Waals surface area contributed by atoms with Gasteiger partial charge in [0.15, 0.2) is 5.78 Å². The van der Waals surface area contributed by atoms with Crippen LogP contribution in [0.5, 0.6) is 0 Å². The van der Waals surface area contributed by atoms with Gasteiger partial charge in [-0.2, -0.15) is 0 Å². The minimum Gasteiger partial charge on any atom is -0.481 e. The molecule has 0 aliphatic carbocycles. The molecule has 1 aromatic carbocycles. The van der Waals surface area contributed by atoms with Gasteiger partial charge in [0, 0.05) is 6.42 Å². The number of Topliss-reactive ketones (excluding diaryl/α,β-unsaturated/α-hetero) is 1. The monoisotopic (exact) mass is 247 g/mol. The van der Waals surface area contributed by atoms with Gasteiger partial charge in [0.05, 0.1) is 6.42 Å². The van der Waals surface area contributed by atoms with E-state index < -0.39 is 11.5 Å². The van der Waals surface area contributed by atoms with E-state index in [1.807, 2.05) is 0 Å². The van der Waals surface area contributed by atoms with Crippen LogP contribution < -0.4 is 5.32 Å². The summed E-state index contributed by atoms with van der Waals surface area (Å²) in [5.74, 6) is -1.60. The fourth-order valence-corrected chi connectivity index (χ4v) is 2.25. The predicted molar refractivity (Wildman–Crippen MR) is 62.8 cm³/mol. The molecule has 1 aliphatic rings. The van der Waals surface area contributed by atoms with E-state index in [9.17, 15) is 14.4 Å². The highest BCUT2D eigenvalue weighted by Crippen LogP contribution is 2.32. The van der Waals surface area contributed by atoms with Gasteiger partial charge in [-0.05, 0) is 12.0 Å². The SMILES string of the molecule is O=C(O)CCC1(c2ccccc2)NC(=O)CC1=O. The molecule has 5 nitrogen and oxygen atoms in total. The van der Waals surface area contributed by atoms with E-state index in [0.717, 1.165) is 0 Å². The summed E-state index contributed by atoms with van der Waals surface area (Å²) in [6.45, 7) is 0. The second-order valence-corrected chi connectivity index (χ2v) is 4.31. The molecule has 1 aromatic rings. The molecular weight excluding hydrogens is 234 g/mol. The second kappa shape index (κ2) is 4.60. The van der Waals surface area contributed by atoms with Crippen molar-refractivity contribution in [2.45, 2.75) is 24.8 Å². The lowest BCUT2D eigenvalue weighted by Crippen LogP contribution is -2.43. The number of carboxylic acid groups (broad SMARTS) is 1. The number of aliphatic carboxylic acids is 1. The maximum Gasteiger partial charge on any atom is 0.303 e. The molecule has 5 heteroatoms. The van der Waals surface area contributed by atoms with Gasteiger partial charge < -0.3 is 10.4 Å². The lowest BCUT2D eigenvalue weighted by molar-refractivity contribution is -0.137. The van der Waals surface area contributed by atoms with Crippen molar-refractivity contribution in [3.8, 4) is 0 Å². The van der Waals surface area contributed by atoms with E-state index >= 15 is 0 Å². The Labute approximate surface area is 104 Å².